The Labute approximate surface area is 122 Å². The summed E-state index contributed by atoms with van der Waals surface area (Å²) in [5, 5.41) is 12.6. The standard InChI is InChI=1S/C17H13N3O/c1-11-2-5-13-9-16(20-15(13)8-11)17(21)19-14-6-3-12(10-18)4-7-14/h2-9,20H,1H3,(H,19,21). The molecule has 3 rings (SSSR count). The van der Waals surface area contributed by atoms with E-state index in [0.717, 1.165) is 16.5 Å². The number of rotatable bonds is 2. The van der Waals surface area contributed by atoms with E-state index >= 15 is 0 Å². The summed E-state index contributed by atoms with van der Waals surface area (Å²) in [6.07, 6.45) is 0. The number of carbonyl (C=O) groups excluding carboxylic acids is 1. The fourth-order valence-corrected chi connectivity index (χ4v) is 2.19. The number of hydrogen-bond donors (Lipinski definition) is 2. The highest BCUT2D eigenvalue weighted by Crippen LogP contribution is 2.18. The zero-order chi connectivity index (χ0) is 14.8. The number of benzene rings is 2. The monoisotopic (exact) mass is 275 g/mol. The molecule has 102 valence electrons. The molecule has 0 spiro atoms. The van der Waals surface area contributed by atoms with Gasteiger partial charge in [0.2, 0.25) is 0 Å². The number of aromatic nitrogens is 1. The fraction of sp³-hybridized carbons (Fsp3) is 0.0588. The second kappa shape index (κ2) is 5.14. The molecular weight excluding hydrogens is 262 g/mol. The Balaban J connectivity index is 1.84. The number of aryl methyl sites for hydroxylation is 1. The van der Waals surface area contributed by atoms with Crippen LogP contribution in [-0.4, -0.2) is 10.9 Å². The Morgan fingerprint density at radius 3 is 2.62 bits per heavy atom. The van der Waals surface area contributed by atoms with Gasteiger partial charge in [-0.3, -0.25) is 4.79 Å². The minimum atomic E-state index is -0.200. The zero-order valence-corrected chi connectivity index (χ0v) is 11.5. The topological polar surface area (TPSA) is 68.7 Å². The highest BCUT2D eigenvalue weighted by atomic mass is 16.1. The second-order valence-corrected chi connectivity index (χ2v) is 4.92. The first-order valence-electron chi connectivity index (χ1n) is 6.56. The van der Waals surface area contributed by atoms with Crippen LogP contribution in [0.1, 0.15) is 21.6 Å². The largest absolute Gasteiger partial charge is 0.351 e. The lowest BCUT2D eigenvalue weighted by molar-refractivity contribution is 0.102. The summed E-state index contributed by atoms with van der Waals surface area (Å²) in [7, 11) is 0. The number of anilines is 1. The lowest BCUT2D eigenvalue weighted by Crippen LogP contribution is -2.12. The van der Waals surface area contributed by atoms with E-state index in [-0.39, 0.29) is 5.91 Å². The summed E-state index contributed by atoms with van der Waals surface area (Å²) in [6, 6.07) is 16.6. The van der Waals surface area contributed by atoms with Crippen molar-refractivity contribution in [3.05, 3.63) is 65.4 Å². The maximum atomic E-state index is 12.2. The average molecular weight is 275 g/mol. The van der Waals surface area contributed by atoms with Gasteiger partial charge in [0.05, 0.1) is 11.6 Å². The highest BCUT2D eigenvalue weighted by Gasteiger charge is 2.09. The third-order valence-corrected chi connectivity index (χ3v) is 3.29. The molecule has 1 heterocycles. The Morgan fingerprint density at radius 2 is 1.90 bits per heavy atom. The molecule has 0 aliphatic rings. The van der Waals surface area contributed by atoms with Gasteiger partial charge in [0, 0.05) is 16.6 Å². The highest BCUT2D eigenvalue weighted by molar-refractivity contribution is 6.05. The molecule has 1 amide bonds. The van der Waals surface area contributed by atoms with Crippen LogP contribution < -0.4 is 5.32 Å². The molecule has 2 N–H and O–H groups in total. The molecule has 0 fully saturated rings. The van der Waals surface area contributed by atoms with Gasteiger partial charge < -0.3 is 10.3 Å². The first kappa shape index (κ1) is 12.9. The maximum absolute atomic E-state index is 12.2. The molecule has 0 saturated carbocycles. The molecule has 0 saturated heterocycles. The summed E-state index contributed by atoms with van der Waals surface area (Å²) in [4.78, 5) is 15.3. The summed E-state index contributed by atoms with van der Waals surface area (Å²) in [5.74, 6) is -0.200. The van der Waals surface area contributed by atoms with Crippen LogP contribution in [-0.2, 0) is 0 Å². The van der Waals surface area contributed by atoms with Crippen LogP contribution in [0.4, 0.5) is 5.69 Å². The quantitative estimate of drug-likeness (QED) is 0.750. The minimum Gasteiger partial charge on any atom is -0.351 e. The third-order valence-electron chi connectivity index (χ3n) is 3.29. The van der Waals surface area contributed by atoms with Gasteiger partial charge in [-0.1, -0.05) is 12.1 Å². The molecule has 0 radical (unpaired) electrons. The van der Waals surface area contributed by atoms with Crippen LogP contribution in [0.25, 0.3) is 10.9 Å². The van der Waals surface area contributed by atoms with Crippen molar-refractivity contribution in [2.24, 2.45) is 0 Å². The van der Waals surface area contributed by atoms with Crippen molar-refractivity contribution in [2.75, 3.05) is 5.32 Å². The van der Waals surface area contributed by atoms with Crippen LogP contribution >= 0.6 is 0 Å². The van der Waals surface area contributed by atoms with Gasteiger partial charge in [0.15, 0.2) is 0 Å². The Hall–Kier alpha value is -3.06. The van der Waals surface area contributed by atoms with Crippen LogP contribution in [0.5, 0.6) is 0 Å². The van der Waals surface area contributed by atoms with E-state index in [0.29, 0.717) is 16.9 Å². The number of amides is 1. The molecule has 1 aromatic heterocycles. The fourth-order valence-electron chi connectivity index (χ4n) is 2.19. The van der Waals surface area contributed by atoms with E-state index in [1.165, 1.54) is 0 Å². The Bertz CT molecular complexity index is 854. The Morgan fingerprint density at radius 1 is 1.14 bits per heavy atom. The van der Waals surface area contributed by atoms with Gasteiger partial charge in [0.25, 0.3) is 5.91 Å². The number of aromatic amines is 1. The van der Waals surface area contributed by atoms with Crippen molar-refractivity contribution in [1.29, 1.82) is 5.26 Å². The van der Waals surface area contributed by atoms with Crippen LogP contribution in [0, 0.1) is 18.3 Å². The van der Waals surface area contributed by atoms with Crippen molar-refractivity contribution >= 4 is 22.5 Å². The van der Waals surface area contributed by atoms with Crippen molar-refractivity contribution < 1.29 is 4.79 Å². The number of nitrogens with zero attached hydrogens (tertiary/aromatic N) is 1. The van der Waals surface area contributed by atoms with Crippen LogP contribution in [0.2, 0.25) is 0 Å². The molecule has 0 unspecified atom stereocenters. The van der Waals surface area contributed by atoms with Gasteiger partial charge in [-0.15, -0.1) is 0 Å². The zero-order valence-electron chi connectivity index (χ0n) is 11.5. The van der Waals surface area contributed by atoms with Crippen molar-refractivity contribution in [3.63, 3.8) is 0 Å². The molecule has 0 aliphatic carbocycles. The smallest absolute Gasteiger partial charge is 0.272 e. The molecule has 0 atom stereocenters. The van der Waals surface area contributed by atoms with Crippen LogP contribution in [0.15, 0.2) is 48.5 Å². The van der Waals surface area contributed by atoms with Gasteiger partial charge in [-0.25, -0.2) is 0 Å². The molecule has 3 aromatic rings. The predicted molar refractivity (Wildman–Crippen MR) is 82.1 cm³/mol. The summed E-state index contributed by atoms with van der Waals surface area (Å²) >= 11 is 0. The lowest BCUT2D eigenvalue weighted by Gasteiger charge is -2.03. The Kier molecular flexibility index (Phi) is 3.17. The van der Waals surface area contributed by atoms with E-state index < -0.39 is 0 Å². The van der Waals surface area contributed by atoms with E-state index in [1.807, 2.05) is 37.3 Å². The SMILES string of the molecule is Cc1ccc2cc(C(=O)Nc3ccc(C#N)cc3)[nH]c2c1. The van der Waals surface area contributed by atoms with Gasteiger partial charge in [-0.05, 0) is 48.9 Å². The number of nitriles is 1. The molecule has 4 nitrogen and oxygen atoms in total. The van der Waals surface area contributed by atoms with Crippen molar-refractivity contribution in [2.45, 2.75) is 6.92 Å². The number of nitrogens with one attached hydrogen (secondary N) is 2. The number of hydrogen-bond acceptors (Lipinski definition) is 2. The van der Waals surface area contributed by atoms with Crippen molar-refractivity contribution in [1.82, 2.24) is 4.98 Å². The lowest BCUT2D eigenvalue weighted by atomic mass is 10.2. The first-order chi connectivity index (χ1) is 10.2. The van der Waals surface area contributed by atoms with E-state index in [4.69, 9.17) is 5.26 Å². The van der Waals surface area contributed by atoms with E-state index in [1.54, 1.807) is 24.3 Å². The molecule has 0 aliphatic heterocycles. The molecule has 21 heavy (non-hydrogen) atoms. The van der Waals surface area contributed by atoms with Gasteiger partial charge >= 0.3 is 0 Å². The molecule has 0 bridgehead atoms. The molecular formula is C17H13N3O. The van der Waals surface area contributed by atoms with Gasteiger partial charge in [-0.2, -0.15) is 5.26 Å². The molecule has 4 heteroatoms. The summed E-state index contributed by atoms with van der Waals surface area (Å²) < 4.78 is 0. The third kappa shape index (κ3) is 2.63. The minimum absolute atomic E-state index is 0.200. The first-order valence-corrected chi connectivity index (χ1v) is 6.56. The van der Waals surface area contributed by atoms with Crippen molar-refractivity contribution in [3.8, 4) is 6.07 Å². The van der Waals surface area contributed by atoms with Crippen LogP contribution in [0.3, 0.4) is 0 Å². The number of fused-ring (bicyclic) bond motifs is 1. The normalized spacial score (nSPS) is 10.3. The maximum Gasteiger partial charge on any atom is 0.272 e. The van der Waals surface area contributed by atoms with Gasteiger partial charge in [0.1, 0.15) is 5.69 Å². The van der Waals surface area contributed by atoms with E-state index in [9.17, 15) is 4.79 Å². The molecule has 2 aromatic carbocycles. The number of H-pyrrole nitrogens is 1. The average Bonchev–Trinajstić information content (AvgIpc) is 2.91. The number of carbonyl (C=O) groups is 1. The van der Waals surface area contributed by atoms with E-state index in [2.05, 4.69) is 10.3 Å². The second-order valence-electron chi connectivity index (χ2n) is 4.92. The summed E-state index contributed by atoms with van der Waals surface area (Å²) in [5.41, 5.74) is 3.83. The summed E-state index contributed by atoms with van der Waals surface area (Å²) in [6.45, 7) is 2.01. The predicted octanol–water partition coefficient (Wildman–Crippen LogP) is 3.60.